The second-order valence-corrected chi connectivity index (χ2v) is 5.19. The molecule has 5 heteroatoms. The van der Waals surface area contributed by atoms with Crippen molar-refractivity contribution < 1.29 is 9.53 Å². The second kappa shape index (κ2) is 7.40. The van der Waals surface area contributed by atoms with Crippen molar-refractivity contribution in [2.24, 2.45) is 5.10 Å². The van der Waals surface area contributed by atoms with E-state index in [4.69, 9.17) is 4.74 Å². The summed E-state index contributed by atoms with van der Waals surface area (Å²) in [6, 6.07) is 10.8. The van der Waals surface area contributed by atoms with Crippen molar-refractivity contribution in [2.75, 3.05) is 6.61 Å². The number of amides is 1. The number of nitrogens with one attached hydrogen (secondary N) is 1. The van der Waals surface area contributed by atoms with Gasteiger partial charge in [-0.15, -0.1) is 11.3 Å². The van der Waals surface area contributed by atoms with Gasteiger partial charge in [0.15, 0.2) is 0 Å². The number of hydrogen-bond donors (Lipinski definition) is 1. The summed E-state index contributed by atoms with van der Waals surface area (Å²) in [6.07, 6.45) is 1.67. The van der Waals surface area contributed by atoms with Crippen LogP contribution in [0.15, 0.2) is 59.5 Å². The molecule has 0 aliphatic heterocycles. The Bertz CT molecular complexity index is 631. The molecule has 1 amide bonds. The Kier molecular flexibility index (Phi) is 5.29. The lowest BCUT2D eigenvalue weighted by molar-refractivity contribution is 0.0955. The van der Waals surface area contributed by atoms with Gasteiger partial charge in [0.05, 0.1) is 5.71 Å². The molecule has 0 aliphatic carbocycles. The second-order valence-electron chi connectivity index (χ2n) is 4.24. The molecule has 108 valence electrons. The lowest BCUT2D eigenvalue weighted by atomic mass is 10.2. The Labute approximate surface area is 127 Å². The summed E-state index contributed by atoms with van der Waals surface area (Å²) < 4.78 is 5.36. The van der Waals surface area contributed by atoms with Crippen molar-refractivity contribution in [3.63, 3.8) is 0 Å². The Morgan fingerprint density at radius 1 is 1.38 bits per heavy atom. The van der Waals surface area contributed by atoms with Crippen LogP contribution >= 0.6 is 11.3 Å². The molecule has 1 N–H and O–H groups in total. The summed E-state index contributed by atoms with van der Waals surface area (Å²) in [6.45, 7) is 5.88. The van der Waals surface area contributed by atoms with E-state index in [1.54, 1.807) is 41.7 Å². The van der Waals surface area contributed by atoms with Gasteiger partial charge >= 0.3 is 0 Å². The van der Waals surface area contributed by atoms with Gasteiger partial charge in [-0.2, -0.15) is 5.10 Å². The Morgan fingerprint density at radius 2 is 2.14 bits per heavy atom. The minimum absolute atomic E-state index is 0.249. The molecule has 0 bridgehead atoms. The number of hydrazone groups is 1. The van der Waals surface area contributed by atoms with Crippen LogP contribution in [0.3, 0.4) is 0 Å². The number of thiophene rings is 1. The van der Waals surface area contributed by atoms with Crippen molar-refractivity contribution in [3.05, 3.63) is 64.9 Å². The summed E-state index contributed by atoms with van der Waals surface area (Å²) in [5.41, 5.74) is 3.86. The molecule has 0 radical (unpaired) electrons. The fraction of sp³-hybridized carbons (Fsp3) is 0.125. The highest BCUT2D eigenvalue weighted by atomic mass is 32.1. The Hall–Kier alpha value is -2.40. The summed E-state index contributed by atoms with van der Waals surface area (Å²) in [4.78, 5) is 13.0. The minimum atomic E-state index is -0.249. The van der Waals surface area contributed by atoms with E-state index in [9.17, 15) is 4.79 Å². The SMILES string of the molecule is C=CCOc1ccc(C(=O)N/N=C(\C)c2cccs2)cc1. The van der Waals surface area contributed by atoms with Gasteiger partial charge in [0, 0.05) is 10.4 Å². The maximum absolute atomic E-state index is 12.0. The largest absolute Gasteiger partial charge is 0.490 e. The van der Waals surface area contributed by atoms with Gasteiger partial charge in [0.25, 0.3) is 5.91 Å². The first kappa shape index (κ1) is 15.0. The number of benzene rings is 1. The van der Waals surface area contributed by atoms with Crippen LogP contribution < -0.4 is 10.2 Å². The molecule has 0 saturated carbocycles. The van der Waals surface area contributed by atoms with Crippen molar-refractivity contribution in [3.8, 4) is 5.75 Å². The third-order valence-electron chi connectivity index (χ3n) is 2.69. The molecule has 0 spiro atoms. The molecule has 0 atom stereocenters. The van der Waals surface area contributed by atoms with E-state index in [0.717, 1.165) is 10.6 Å². The molecule has 1 aromatic carbocycles. The lowest BCUT2D eigenvalue weighted by Crippen LogP contribution is -2.19. The molecule has 0 fully saturated rings. The van der Waals surface area contributed by atoms with Gasteiger partial charge in [0.2, 0.25) is 0 Å². The average molecular weight is 300 g/mol. The first-order chi connectivity index (χ1) is 10.2. The minimum Gasteiger partial charge on any atom is -0.490 e. The van der Waals surface area contributed by atoms with Crippen LogP contribution in [0.4, 0.5) is 0 Å². The van der Waals surface area contributed by atoms with Crippen LogP contribution in [0, 0.1) is 0 Å². The molecule has 2 aromatic rings. The smallest absolute Gasteiger partial charge is 0.271 e. The fourth-order valence-electron chi connectivity index (χ4n) is 1.60. The van der Waals surface area contributed by atoms with Gasteiger partial charge < -0.3 is 4.74 Å². The van der Waals surface area contributed by atoms with E-state index >= 15 is 0 Å². The van der Waals surface area contributed by atoms with E-state index in [2.05, 4.69) is 17.1 Å². The van der Waals surface area contributed by atoms with Crippen LogP contribution in [-0.4, -0.2) is 18.2 Å². The van der Waals surface area contributed by atoms with Gasteiger partial charge in [-0.05, 0) is 42.6 Å². The average Bonchev–Trinajstić information content (AvgIpc) is 3.05. The maximum atomic E-state index is 12.0. The zero-order valence-electron chi connectivity index (χ0n) is 11.7. The quantitative estimate of drug-likeness (QED) is 0.504. The number of hydrogen-bond acceptors (Lipinski definition) is 4. The third-order valence-corrected chi connectivity index (χ3v) is 3.67. The van der Waals surface area contributed by atoms with Crippen LogP contribution in [0.2, 0.25) is 0 Å². The molecule has 0 unspecified atom stereocenters. The van der Waals surface area contributed by atoms with Gasteiger partial charge in [-0.3, -0.25) is 4.79 Å². The van der Waals surface area contributed by atoms with Gasteiger partial charge in [0.1, 0.15) is 12.4 Å². The van der Waals surface area contributed by atoms with Crippen LogP contribution in [-0.2, 0) is 0 Å². The number of nitrogens with zero attached hydrogens (tertiary/aromatic N) is 1. The maximum Gasteiger partial charge on any atom is 0.271 e. The molecular weight excluding hydrogens is 284 g/mol. The summed E-state index contributed by atoms with van der Waals surface area (Å²) in [7, 11) is 0. The molecular formula is C16H16N2O2S. The van der Waals surface area contributed by atoms with Crippen LogP contribution in [0.5, 0.6) is 5.75 Å². The Morgan fingerprint density at radius 3 is 2.76 bits per heavy atom. The molecule has 1 heterocycles. The number of carbonyl (C=O) groups excluding carboxylic acids is 1. The highest BCUT2D eigenvalue weighted by molar-refractivity contribution is 7.12. The van der Waals surface area contributed by atoms with E-state index in [0.29, 0.717) is 17.9 Å². The van der Waals surface area contributed by atoms with E-state index < -0.39 is 0 Å². The molecule has 4 nitrogen and oxygen atoms in total. The highest BCUT2D eigenvalue weighted by Gasteiger charge is 2.05. The standard InChI is InChI=1S/C16H16N2O2S/c1-3-10-20-14-8-6-13(7-9-14)16(19)18-17-12(2)15-5-4-11-21-15/h3-9,11H,1,10H2,2H3,(H,18,19)/b17-12+. The summed E-state index contributed by atoms with van der Waals surface area (Å²) >= 11 is 1.58. The van der Waals surface area contributed by atoms with E-state index in [1.165, 1.54) is 0 Å². The lowest BCUT2D eigenvalue weighted by Gasteiger charge is -2.04. The zero-order chi connectivity index (χ0) is 15.1. The topological polar surface area (TPSA) is 50.7 Å². The predicted octanol–water partition coefficient (Wildman–Crippen LogP) is 3.47. The highest BCUT2D eigenvalue weighted by Crippen LogP contribution is 2.12. The third kappa shape index (κ3) is 4.29. The normalized spacial score (nSPS) is 11.0. The van der Waals surface area contributed by atoms with E-state index in [-0.39, 0.29) is 5.91 Å². The first-order valence-electron chi connectivity index (χ1n) is 6.43. The monoisotopic (exact) mass is 300 g/mol. The van der Waals surface area contributed by atoms with Crippen molar-refractivity contribution >= 4 is 23.0 Å². The molecule has 2 rings (SSSR count). The van der Waals surface area contributed by atoms with Gasteiger partial charge in [-0.1, -0.05) is 18.7 Å². The van der Waals surface area contributed by atoms with Gasteiger partial charge in [-0.25, -0.2) is 5.43 Å². The summed E-state index contributed by atoms with van der Waals surface area (Å²) in [5.74, 6) is 0.450. The molecule has 21 heavy (non-hydrogen) atoms. The molecule has 1 aromatic heterocycles. The van der Waals surface area contributed by atoms with Crippen molar-refractivity contribution in [1.29, 1.82) is 0 Å². The van der Waals surface area contributed by atoms with Crippen LogP contribution in [0.1, 0.15) is 22.2 Å². The number of carbonyl (C=O) groups is 1. The van der Waals surface area contributed by atoms with Crippen molar-refractivity contribution in [2.45, 2.75) is 6.92 Å². The number of ether oxygens (including phenoxy) is 1. The molecule has 0 saturated heterocycles. The van der Waals surface area contributed by atoms with Crippen LogP contribution in [0.25, 0.3) is 0 Å². The fourth-order valence-corrected chi connectivity index (χ4v) is 2.27. The first-order valence-corrected chi connectivity index (χ1v) is 7.31. The number of rotatable bonds is 6. The van der Waals surface area contributed by atoms with Crippen molar-refractivity contribution in [1.82, 2.24) is 5.43 Å². The summed E-state index contributed by atoms with van der Waals surface area (Å²) in [5, 5.41) is 6.07. The predicted molar refractivity (Wildman–Crippen MR) is 86.1 cm³/mol. The van der Waals surface area contributed by atoms with E-state index in [1.807, 2.05) is 24.4 Å². The zero-order valence-corrected chi connectivity index (χ0v) is 12.5. The molecule has 0 aliphatic rings. The Balaban J connectivity index is 1.97.